The molecule has 1 heterocycles. The van der Waals surface area contributed by atoms with Crippen molar-refractivity contribution in [3.8, 4) is 0 Å². The number of thiocarbonyl (C=S) groups is 1. The van der Waals surface area contributed by atoms with E-state index in [0.717, 1.165) is 24.5 Å². The monoisotopic (exact) mass is 251 g/mol. The summed E-state index contributed by atoms with van der Waals surface area (Å²) in [6, 6.07) is 5.69. The molecule has 0 saturated heterocycles. The van der Waals surface area contributed by atoms with Crippen molar-refractivity contribution in [3.63, 3.8) is 0 Å². The maximum Gasteiger partial charge on any atom is 0.187 e. The molecule has 17 heavy (non-hydrogen) atoms. The lowest BCUT2D eigenvalue weighted by Gasteiger charge is -2.07. The van der Waals surface area contributed by atoms with Crippen LogP contribution in [0.2, 0.25) is 0 Å². The van der Waals surface area contributed by atoms with E-state index in [9.17, 15) is 0 Å². The van der Waals surface area contributed by atoms with Gasteiger partial charge in [-0.3, -0.25) is 10.4 Å². The number of likely N-dealkylation sites (N-methyl/N-ethyl adjacent to an activating group) is 1. The first kappa shape index (κ1) is 13.5. The summed E-state index contributed by atoms with van der Waals surface area (Å²) in [5.41, 5.74) is 4.41. The SMILES string of the molecule is CNCCNC(=S)N/N=C(\C)c1ccccn1. The zero-order valence-electron chi connectivity index (χ0n) is 10.0. The van der Waals surface area contributed by atoms with Crippen LogP contribution in [0.3, 0.4) is 0 Å². The van der Waals surface area contributed by atoms with E-state index in [2.05, 4.69) is 26.1 Å². The molecule has 0 aromatic carbocycles. The topological polar surface area (TPSA) is 61.3 Å². The average molecular weight is 251 g/mol. The number of hydrogen-bond donors (Lipinski definition) is 3. The van der Waals surface area contributed by atoms with Crippen molar-refractivity contribution in [1.29, 1.82) is 0 Å². The highest BCUT2D eigenvalue weighted by atomic mass is 32.1. The lowest BCUT2D eigenvalue weighted by molar-refractivity contribution is 0.748. The molecule has 1 rings (SSSR count). The minimum absolute atomic E-state index is 0.510. The number of rotatable bonds is 5. The Morgan fingerprint density at radius 3 is 2.88 bits per heavy atom. The van der Waals surface area contributed by atoms with Gasteiger partial charge in [-0.2, -0.15) is 5.10 Å². The molecule has 0 radical (unpaired) electrons. The molecule has 1 aromatic rings. The molecule has 0 aliphatic heterocycles. The Bertz CT molecular complexity index is 377. The third kappa shape index (κ3) is 5.37. The molecule has 0 aliphatic carbocycles. The van der Waals surface area contributed by atoms with Crippen LogP contribution in [0.25, 0.3) is 0 Å². The summed E-state index contributed by atoms with van der Waals surface area (Å²) < 4.78 is 0. The van der Waals surface area contributed by atoms with Gasteiger partial charge in [-0.15, -0.1) is 0 Å². The Labute approximate surface area is 107 Å². The van der Waals surface area contributed by atoms with E-state index < -0.39 is 0 Å². The first-order chi connectivity index (χ1) is 8.24. The van der Waals surface area contributed by atoms with E-state index in [1.54, 1.807) is 6.20 Å². The summed E-state index contributed by atoms with van der Waals surface area (Å²) in [6.07, 6.45) is 1.73. The van der Waals surface area contributed by atoms with Crippen LogP contribution in [0.4, 0.5) is 0 Å². The van der Waals surface area contributed by atoms with Crippen molar-refractivity contribution in [2.45, 2.75) is 6.92 Å². The highest BCUT2D eigenvalue weighted by Gasteiger charge is 1.97. The highest BCUT2D eigenvalue weighted by molar-refractivity contribution is 7.80. The van der Waals surface area contributed by atoms with Gasteiger partial charge < -0.3 is 10.6 Å². The van der Waals surface area contributed by atoms with Crippen molar-refractivity contribution in [2.24, 2.45) is 5.10 Å². The van der Waals surface area contributed by atoms with Crippen LogP contribution in [-0.4, -0.2) is 35.9 Å². The summed E-state index contributed by atoms with van der Waals surface area (Å²) in [4.78, 5) is 4.19. The fraction of sp³-hybridized carbons (Fsp3) is 0.364. The Morgan fingerprint density at radius 2 is 2.24 bits per heavy atom. The average Bonchev–Trinajstić information content (AvgIpc) is 2.37. The summed E-state index contributed by atoms with van der Waals surface area (Å²) in [5, 5.41) is 10.7. The Balaban J connectivity index is 2.40. The fourth-order valence-electron chi connectivity index (χ4n) is 1.11. The maximum atomic E-state index is 5.06. The molecule has 0 bridgehead atoms. The van der Waals surface area contributed by atoms with Crippen molar-refractivity contribution < 1.29 is 0 Å². The van der Waals surface area contributed by atoms with Crippen molar-refractivity contribution >= 4 is 23.0 Å². The molecule has 5 nitrogen and oxygen atoms in total. The van der Waals surface area contributed by atoms with Gasteiger partial charge in [-0.05, 0) is 38.3 Å². The first-order valence-corrected chi connectivity index (χ1v) is 5.79. The second-order valence-corrected chi connectivity index (χ2v) is 3.79. The largest absolute Gasteiger partial charge is 0.360 e. The quantitative estimate of drug-likeness (QED) is 0.308. The maximum absolute atomic E-state index is 5.06. The van der Waals surface area contributed by atoms with E-state index in [4.69, 9.17) is 12.2 Å². The number of pyridine rings is 1. The van der Waals surface area contributed by atoms with Crippen molar-refractivity contribution in [2.75, 3.05) is 20.1 Å². The fourth-order valence-corrected chi connectivity index (χ4v) is 1.26. The molecule has 1 aromatic heterocycles. The molecule has 0 saturated carbocycles. The van der Waals surface area contributed by atoms with Crippen molar-refractivity contribution in [1.82, 2.24) is 21.0 Å². The van der Waals surface area contributed by atoms with Gasteiger partial charge in [-0.25, -0.2) is 0 Å². The number of hydrogen-bond acceptors (Lipinski definition) is 4. The van der Waals surface area contributed by atoms with E-state index in [1.165, 1.54) is 0 Å². The van der Waals surface area contributed by atoms with Gasteiger partial charge in [0.25, 0.3) is 0 Å². The minimum atomic E-state index is 0.510. The molecule has 0 atom stereocenters. The summed E-state index contributed by atoms with van der Waals surface area (Å²) in [6.45, 7) is 3.50. The molecule has 3 N–H and O–H groups in total. The van der Waals surface area contributed by atoms with Gasteiger partial charge in [0.15, 0.2) is 5.11 Å². The van der Waals surface area contributed by atoms with E-state index in [0.29, 0.717) is 5.11 Å². The van der Waals surface area contributed by atoms with E-state index >= 15 is 0 Å². The van der Waals surface area contributed by atoms with Gasteiger partial charge in [-0.1, -0.05) is 6.07 Å². The third-order valence-corrected chi connectivity index (χ3v) is 2.26. The molecule has 6 heteroatoms. The van der Waals surface area contributed by atoms with Crippen LogP contribution < -0.4 is 16.1 Å². The normalized spacial score (nSPS) is 11.1. The molecule has 92 valence electrons. The predicted octanol–water partition coefficient (Wildman–Crippen LogP) is 0.489. The van der Waals surface area contributed by atoms with E-state index in [1.807, 2.05) is 32.2 Å². The summed E-state index contributed by atoms with van der Waals surface area (Å²) in [5.74, 6) is 0. The van der Waals surface area contributed by atoms with Gasteiger partial charge in [0.2, 0.25) is 0 Å². The molecule has 0 fully saturated rings. The third-order valence-electron chi connectivity index (χ3n) is 2.02. The molecule has 0 amide bonds. The second kappa shape index (κ2) is 7.70. The minimum Gasteiger partial charge on any atom is -0.360 e. The smallest absolute Gasteiger partial charge is 0.187 e. The number of nitrogens with one attached hydrogen (secondary N) is 3. The van der Waals surface area contributed by atoms with Gasteiger partial charge in [0, 0.05) is 19.3 Å². The Kier molecular flexibility index (Phi) is 6.13. The Morgan fingerprint density at radius 1 is 1.41 bits per heavy atom. The van der Waals surface area contributed by atoms with Crippen LogP contribution in [0.15, 0.2) is 29.5 Å². The second-order valence-electron chi connectivity index (χ2n) is 3.38. The molecular weight excluding hydrogens is 234 g/mol. The zero-order valence-corrected chi connectivity index (χ0v) is 10.8. The predicted molar refractivity (Wildman–Crippen MR) is 74.1 cm³/mol. The molecule has 0 unspecified atom stereocenters. The number of nitrogens with zero attached hydrogens (tertiary/aromatic N) is 2. The van der Waals surface area contributed by atoms with Gasteiger partial charge in [0.05, 0.1) is 11.4 Å². The standard InChI is InChI=1S/C11H17N5S/c1-9(10-5-3-4-6-13-10)15-16-11(17)14-8-7-12-2/h3-6,12H,7-8H2,1-2H3,(H2,14,16,17)/b15-9+. The molecular formula is C11H17N5S. The lowest BCUT2D eigenvalue weighted by Crippen LogP contribution is -2.36. The highest BCUT2D eigenvalue weighted by Crippen LogP contribution is 1.94. The summed E-state index contributed by atoms with van der Waals surface area (Å²) >= 11 is 5.06. The molecule has 0 spiro atoms. The lowest BCUT2D eigenvalue weighted by atomic mass is 10.3. The van der Waals surface area contributed by atoms with E-state index in [-0.39, 0.29) is 0 Å². The number of aromatic nitrogens is 1. The zero-order chi connectivity index (χ0) is 12.5. The van der Waals surface area contributed by atoms with Crippen molar-refractivity contribution in [3.05, 3.63) is 30.1 Å². The van der Waals surface area contributed by atoms with Crippen LogP contribution in [0.1, 0.15) is 12.6 Å². The first-order valence-electron chi connectivity index (χ1n) is 5.38. The number of hydrazone groups is 1. The van der Waals surface area contributed by atoms with Crippen LogP contribution in [0, 0.1) is 0 Å². The van der Waals surface area contributed by atoms with Gasteiger partial charge >= 0.3 is 0 Å². The Hall–Kier alpha value is -1.53. The van der Waals surface area contributed by atoms with Crippen LogP contribution in [0.5, 0.6) is 0 Å². The van der Waals surface area contributed by atoms with Crippen LogP contribution in [-0.2, 0) is 0 Å². The van der Waals surface area contributed by atoms with Gasteiger partial charge in [0.1, 0.15) is 0 Å². The molecule has 0 aliphatic rings. The summed E-state index contributed by atoms with van der Waals surface area (Å²) in [7, 11) is 1.89. The van der Waals surface area contributed by atoms with Crippen LogP contribution >= 0.6 is 12.2 Å².